The van der Waals surface area contributed by atoms with Crippen LogP contribution in [0.3, 0.4) is 0 Å². The van der Waals surface area contributed by atoms with Gasteiger partial charge in [-0.05, 0) is 55.5 Å². The van der Waals surface area contributed by atoms with Crippen molar-refractivity contribution < 1.29 is 22.7 Å². The van der Waals surface area contributed by atoms with Crippen molar-refractivity contribution in [2.75, 3.05) is 38.9 Å². The predicted octanol–water partition coefficient (Wildman–Crippen LogP) is 4.07. The zero-order valence-corrected chi connectivity index (χ0v) is 21.0. The number of sulfonamides is 1. The number of ether oxygens (including phenoxy) is 2. The number of hydrogen-bond donors (Lipinski definition) is 1. The van der Waals surface area contributed by atoms with E-state index in [1.165, 1.54) is 15.6 Å². The summed E-state index contributed by atoms with van der Waals surface area (Å²) in [7, 11) is -0.425. The van der Waals surface area contributed by atoms with Gasteiger partial charge in [0.25, 0.3) is 0 Å². The molecule has 0 bridgehead atoms. The van der Waals surface area contributed by atoms with Crippen LogP contribution in [-0.4, -0.2) is 57.2 Å². The Bertz CT molecular complexity index is 1210. The first-order chi connectivity index (χ1) is 15.9. The number of amides is 1. The van der Waals surface area contributed by atoms with Gasteiger partial charge in [-0.3, -0.25) is 4.79 Å². The summed E-state index contributed by atoms with van der Waals surface area (Å²) in [5, 5.41) is 3.35. The van der Waals surface area contributed by atoms with Crippen molar-refractivity contribution >= 4 is 54.4 Å². The lowest BCUT2D eigenvalue weighted by molar-refractivity contribution is -0.120. The van der Waals surface area contributed by atoms with Crippen LogP contribution in [0.15, 0.2) is 46.2 Å². The first-order valence-electron chi connectivity index (χ1n) is 10.3. The van der Waals surface area contributed by atoms with E-state index in [-0.39, 0.29) is 16.7 Å². The quantitative estimate of drug-likeness (QED) is 0.481. The van der Waals surface area contributed by atoms with Gasteiger partial charge in [-0.15, -0.1) is 11.8 Å². The number of aromatic nitrogens is 1. The molecule has 1 N–H and O–H groups in total. The fourth-order valence-corrected chi connectivity index (χ4v) is 6.66. The fourth-order valence-electron chi connectivity index (χ4n) is 3.80. The molecule has 0 saturated carbocycles. The number of methoxy groups -OCH3 is 2. The van der Waals surface area contributed by atoms with Crippen LogP contribution in [0, 0.1) is 5.92 Å². The van der Waals surface area contributed by atoms with Crippen molar-refractivity contribution in [2.45, 2.75) is 22.6 Å². The van der Waals surface area contributed by atoms with Crippen LogP contribution < -0.4 is 14.8 Å². The van der Waals surface area contributed by atoms with Gasteiger partial charge in [0.15, 0.2) is 5.13 Å². The summed E-state index contributed by atoms with van der Waals surface area (Å²) < 4.78 is 38.9. The van der Waals surface area contributed by atoms with Crippen molar-refractivity contribution in [3.05, 3.63) is 36.4 Å². The first kappa shape index (κ1) is 23.8. The van der Waals surface area contributed by atoms with E-state index in [9.17, 15) is 13.2 Å². The summed E-state index contributed by atoms with van der Waals surface area (Å²) in [5.41, 5.74) is 0.630. The highest BCUT2D eigenvalue weighted by molar-refractivity contribution is 7.98. The lowest BCUT2D eigenvalue weighted by atomic mass is 9.97. The Labute approximate surface area is 201 Å². The Morgan fingerprint density at radius 2 is 1.73 bits per heavy atom. The number of carbonyl (C=O) groups is 1. The van der Waals surface area contributed by atoms with E-state index in [0.717, 1.165) is 9.60 Å². The minimum Gasteiger partial charge on any atom is -0.495 e. The molecule has 176 valence electrons. The average molecular weight is 508 g/mol. The van der Waals surface area contributed by atoms with E-state index in [1.807, 2.05) is 6.26 Å². The molecule has 1 fully saturated rings. The van der Waals surface area contributed by atoms with Crippen molar-refractivity contribution in [2.24, 2.45) is 5.92 Å². The largest absolute Gasteiger partial charge is 0.495 e. The number of hydrogen-bond acceptors (Lipinski definition) is 8. The van der Waals surface area contributed by atoms with Gasteiger partial charge in [0.05, 0.1) is 19.1 Å². The number of carbonyl (C=O) groups excluding carboxylic acids is 1. The molecule has 0 aliphatic carbocycles. The van der Waals surface area contributed by atoms with Gasteiger partial charge >= 0.3 is 0 Å². The predicted molar refractivity (Wildman–Crippen MR) is 131 cm³/mol. The summed E-state index contributed by atoms with van der Waals surface area (Å²) >= 11 is 2.88. The second-order valence-corrected chi connectivity index (χ2v) is 11.3. The van der Waals surface area contributed by atoms with Crippen molar-refractivity contribution in [1.29, 1.82) is 0 Å². The zero-order chi connectivity index (χ0) is 23.6. The molecule has 2 heterocycles. The van der Waals surface area contributed by atoms with Gasteiger partial charge in [0.1, 0.15) is 21.7 Å². The maximum absolute atomic E-state index is 13.0. The summed E-state index contributed by atoms with van der Waals surface area (Å²) in [6, 6.07) is 10.5. The molecule has 8 nitrogen and oxygen atoms in total. The molecule has 1 aliphatic heterocycles. The van der Waals surface area contributed by atoms with Crippen molar-refractivity contribution in [3.63, 3.8) is 0 Å². The van der Waals surface area contributed by atoms with Gasteiger partial charge in [0.2, 0.25) is 15.9 Å². The average Bonchev–Trinajstić information content (AvgIpc) is 3.27. The minimum atomic E-state index is -3.57. The molecular formula is C22H25N3O5S3. The van der Waals surface area contributed by atoms with Crippen LogP contribution in [0.5, 0.6) is 11.5 Å². The normalized spacial score (nSPS) is 15.5. The number of nitrogens with zero attached hydrogens (tertiary/aromatic N) is 2. The lowest BCUT2D eigenvalue weighted by Gasteiger charge is -2.30. The molecule has 4 rings (SSSR count). The van der Waals surface area contributed by atoms with E-state index in [2.05, 4.69) is 10.3 Å². The standard InChI is InChI=1S/C22H25N3O5S3/c1-29-17-8-9-18(30-2)20-19(17)23-22(32-20)24-21(26)14-10-12-25(13-11-14)33(27,28)16-6-4-15(31-3)5-7-16/h4-9,14H,10-13H2,1-3H3,(H,23,24,26). The third kappa shape index (κ3) is 4.81. The number of benzene rings is 2. The first-order valence-corrected chi connectivity index (χ1v) is 13.8. The zero-order valence-electron chi connectivity index (χ0n) is 18.5. The SMILES string of the molecule is COc1ccc(OC)c2sc(NC(=O)C3CCN(S(=O)(=O)c4ccc(SC)cc4)CC3)nc12. The van der Waals surface area contributed by atoms with Crippen LogP contribution in [-0.2, 0) is 14.8 Å². The topological polar surface area (TPSA) is 97.8 Å². The Morgan fingerprint density at radius 1 is 1.09 bits per heavy atom. The molecule has 2 aromatic carbocycles. The summed E-state index contributed by atoms with van der Waals surface area (Å²) in [5.74, 6) is 0.819. The highest BCUT2D eigenvalue weighted by Gasteiger charge is 2.32. The number of fused-ring (bicyclic) bond motifs is 1. The van der Waals surface area contributed by atoms with E-state index in [4.69, 9.17) is 9.47 Å². The van der Waals surface area contributed by atoms with E-state index in [0.29, 0.717) is 48.1 Å². The van der Waals surface area contributed by atoms with Crippen molar-refractivity contribution in [1.82, 2.24) is 9.29 Å². The highest BCUT2D eigenvalue weighted by atomic mass is 32.2. The number of thiazole rings is 1. The molecule has 1 saturated heterocycles. The molecule has 11 heteroatoms. The molecule has 0 spiro atoms. The smallest absolute Gasteiger partial charge is 0.243 e. The Balaban J connectivity index is 1.42. The molecule has 0 atom stereocenters. The lowest BCUT2D eigenvalue weighted by Crippen LogP contribution is -2.41. The van der Waals surface area contributed by atoms with Crippen LogP contribution in [0.25, 0.3) is 10.2 Å². The summed E-state index contributed by atoms with van der Waals surface area (Å²) in [4.78, 5) is 18.7. The third-order valence-electron chi connectivity index (χ3n) is 5.66. The number of rotatable bonds is 7. The fraction of sp³-hybridized carbons (Fsp3) is 0.364. The van der Waals surface area contributed by atoms with Crippen LogP contribution in [0.2, 0.25) is 0 Å². The maximum Gasteiger partial charge on any atom is 0.243 e. The van der Waals surface area contributed by atoms with E-state index in [1.54, 1.807) is 62.4 Å². The van der Waals surface area contributed by atoms with Gasteiger partial charge < -0.3 is 14.8 Å². The summed E-state index contributed by atoms with van der Waals surface area (Å²) in [6.45, 7) is 0.596. The highest BCUT2D eigenvalue weighted by Crippen LogP contribution is 2.39. The Hall–Kier alpha value is -2.34. The number of anilines is 1. The molecule has 1 amide bonds. The monoisotopic (exact) mass is 507 g/mol. The molecular weight excluding hydrogens is 482 g/mol. The molecule has 0 radical (unpaired) electrons. The molecule has 0 unspecified atom stereocenters. The summed E-state index contributed by atoms with van der Waals surface area (Å²) in [6.07, 6.45) is 2.84. The second kappa shape index (κ2) is 9.88. The van der Waals surface area contributed by atoms with Crippen LogP contribution >= 0.6 is 23.1 Å². The van der Waals surface area contributed by atoms with Gasteiger partial charge in [-0.1, -0.05) is 11.3 Å². The molecule has 3 aromatic rings. The number of thioether (sulfide) groups is 1. The van der Waals surface area contributed by atoms with Crippen molar-refractivity contribution in [3.8, 4) is 11.5 Å². The van der Waals surface area contributed by atoms with Crippen LogP contribution in [0.4, 0.5) is 5.13 Å². The van der Waals surface area contributed by atoms with Gasteiger partial charge in [0, 0.05) is 23.9 Å². The third-order valence-corrected chi connectivity index (χ3v) is 9.30. The number of piperidine rings is 1. The Kier molecular flexibility index (Phi) is 7.13. The van der Waals surface area contributed by atoms with Gasteiger partial charge in [-0.25, -0.2) is 13.4 Å². The maximum atomic E-state index is 13.0. The number of nitrogens with one attached hydrogen (secondary N) is 1. The van der Waals surface area contributed by atoms with E-state index >= 15 is 0 Å². The Morgan fingerprint density at radius 3 is 2.33 bits per heavy atom. The minimum absolute atomic E-state index is 0.159. The van der Waals surface area contributed by atoms with Crippen LogP contribution in [0.1, 0.15) is 12.8 Å². The van der Waals surface area contributed by atoms with E-state index < -0.39 is 10.0 Å². The molecule has 33 heavy (non-hydrogen) atoms. The molecule has 1 aliphatic rings. The van der Waals surface area contributed by atoms with Gasteiger partial charge in [-0.2, -0.15) is 4.31 Å². The molecule has 1 aromatic heterocycles. The second-order valence-electron chi connectivity index (χ2n) is 7.51.